The molecule has 0 aliphatic heterocycles. The fourth-order valence-corrected chi connectivity index (χ4v) is 3.00. The molecule has 26 heavy (non-hydrogen) atoms. The Balaban J connectivity index is 1.75. The average molecular weight is 341 g/mol. The zero-order chi connectivity index (χ0) is 17.8. The predicted molar refractivity (Wildman–Crippen MR) is 108 cm³/mol. The predicted octanol–water partition coefficient (Wildman–Crippen LogP) is 5.23. The summed E-state index contributed by atoms with van der Waals surface area (Å²) in [6.07, 6.45) is 1.79. The summed E-state index contributed by atoms with van der Waals surface area (Å²) in [5, 5.41) is 6.56. The summed E-state index contributed by atoms with van der Waals surface area (Å²) < 4.78 is 5.65. The molecule has 0 saturated heterocycles. The molecule has 4 heteroatoms. The van der Waals surface area contributed by atoms with Crippen molar-refractivity contribution in [2.24, 2.45) is 5.10 Å². The van der Waals surface area contributed by atoms with Gasteiger partial charge < -0.3 is 4.74 Å². The molecule has 1 aromatic heterocycles. The molecule has 0 aliphatic rings. The minimum absolute atomic E-state index is 0.623. The van der Waals surface area contributed by atoms with Crippen molar-refractivity contribution < 1.29 is 4.74 Å². The van der Waals surface area contributed by atoms with E-state index >= 15 is 0 Å². The molecule has 4 rings (SSSR count). The van der Waals surface area contributed by atoms with Crippen LogP contribution in [0.1, 0.15) is 12.5 Å². The van der Waals surface area contributed by atoms with Gasteiger partial charge in [0.15, 0.2) is 0 Å². The number of hydrogen-bond donors (Lipinski definition) is 1. The number of nitrogens with one attached hydrogen (secondary N) is 1. The maximum Gasteiger partial charge on any atom is 0.128 e. The van der Waals surface area contributed by atoms with E-state index in [0.717, 1.165) is 38.8 Å². The van der Waals surface area contributed by atoms with Crippen molar-refractivity contribution in [3.8, 4) is 5.75 Å². The Hall–Kier alpha value is -3.40. The first-order chi connectivity index (χ1) is 12.9. The number of rotatable bonds is 5. The lowest BCUT2D eigenvalue weighted by Gasteiger charge is -2.10. The van der Waals surface area contributed by atoms with Crippen LogP contribution >= 0.6 is 0 Å². The molecule has 0 radical (unpaired) electrons. The van der Waals surface area contributed by atoms with Gasteiger partial charge in [-0.3, -0.25) is 5.43 Å². The zero-order valence-corrected chi connectivity index (χ0v) is 14.5. The third kappa shape index (κ3) is 3.09. The molecular weight excluding hydrogens is 322 g/mol. The first-order valence-corrected chi connectivity index (χ1v) is 8.65. The van der Waals surface area contributed by atoms with Gasteiger partial charge in [-0.1, -0.05) is 48.5 Å². The second-order valence-electron chi connectivity index (χ2n) is 5.86. The largest absolute Gasteiger partial charge is 0.493 e. The van der Waals surface area contributed by atoms with E-state index in [1.165, 1.54) is 0 Å². The van der Waals surface area contributed by atoms with E-state index in [-0.39, 0.29) is 0 Å². The highest BCUT2D eigenvalue weighted by atomic mass is 16.5. The summed E-state index contributed by atoms with van der Waals surface area (Å²) in [5.74, 6) is 0.824. The average Bonchev–Trinajstić information content (AvgIpc) is 2.69. The van der Waals surface area contributed by atoms with E-state index < -0.39 is 0 Å². The Morgan fingerprint density at radius 2 is 1.50 bits per heavy atom. The van der Waals surface area contributed by atoms with Gasteiger partial charge in [-0.2, -0.15) is 5.10 Å². The van der Waals surface area contributed by atoms with E-state index in [4.69, 9.17) is 9.72 Å². The number of hydrogen-bond acceptors (Lipinski definition) is 4. The summed E-state index contributed by atoms with van der Waals surface area (Å²) in [7, 11) is 0. The topological polar surface area (TPSA) is 46.5 Å². The normalized spacial score (nSPS) is 11.3. The highest BCUT2D eigenvalue weighted by molar-refractivity contribution is 6.07. The number of hydrazone groups is 1. The fraction of sp³-hybridized carbons (Fsp3) is 0.0909. The standard InChI is InChI=1S/C22H19N3O/c1-2-26-21-14-8-3-9-16(21)15-23-25-22-17-10-4-6-12-19(17)24-20-13-7-5-11-18(20)22/h3-15H,2H2,1H3,(H,24,25)/b23-15-. The van der Waals surface area contributed by atoms with Crippen molar-refractivity contribution >= 4 is 33.7 Å². The smallest absolute Gasteiger partial charge is 0.128 e. The number of fused-ring (bicyclic) bond motifs is 2. The van der Waals surface area contributed by atoms with Gasteiger partial charge in [-0.25, -0.2) is 4.98 Å². The maximum atomic E-state index is 5.65. The van der Waals surface area contributed by atoms with Crippen LogP contribution in [0.2, 0.25) is 0 Å². The van der Waals surface area contributed by atoms with Gasteiger partial charge in [0.05, 0.1) is 29.5 Å². The Morgan fingerprint density at radius 3 is 2.19 bits per heavy atom. The van der Waals surface area contributed by atoms with E-state index in [1.54, 1.807) is 6.21 Å². The Labute approximate surface area is 152 Å². The molecular formula is C22H19N3O. The molecule has 0 saturated carbocycles. The Kier molecular flexibility index (Phi) is 4.48. The van der Waals surface area contributed by atoms with Crippen LogP contribution in [0.3, 0.4) is 0 Å². The van der Waals surface area contributed by atoms with Crippen LogP contribution in [0.5, 0.6) is 5.75 Å². The van der Waals surface area contributed by atoms with Crippen molar-refractivity contribution in [2.45, 2.75) is 6.92 Å². The van der Waals surface area contributed by atoms with Crippen LogP contribution in [-0.2, 0) is 0 Å². The molecule has 0 aliphatic carbocycles. The van der Waals surface area contributed by atoms with Gasteiger partial charge in [0, 0.05) is 16.3 Å². The summed E-state index contributed by atoms with van der Waals surface area (Å²) in [6, 6.07) is 24.0. The molecule has 0 spiro atoms. The Bertz CT molecular complexity index is 1030. The third-order valence-electron chi connectivity index (χ3n) is 4.19. The summed E-state index contributed by atoms with van der Waals surface area (Å²) in [6.45, 7) is 2.60. The van der Waals surface area contributed by atoms with Crippen LogP contribution in [-0.4, -0.2) is 17.8 Å². The van der Waals surface area contributed by atoms with Gasteiger partial charge in [0.1, 0.15) is 5.75 Å². The number of ether oxygens (including phenoxy) is 1. The number of aromatic nitrogens is 1. The molecule has 0 atom stereocenters. The maximum absolute atomic E-state index is 5.65. The number of benzene rings is 3. The number of pyridine rings is 1. The third-order valence-corrected chi connectivity index (χ3v) is 4.19. The molecule has 4 aromatic rings. The van der Waals surface area contributed by atoms with Crippen molar-refractivity contribution in [1.82, 2.24) is 4.98 Å². The number of nitrogens with zero attached hydrogens (tertiary/aromatic N) is 2. The van der Waals surface area contributed by atoms with Gasteiger partial charge in [-0.15, -0.1) is 0 Å². The van der Waals surface area contributed by atoms with Gasteiger partial charge in [0.2, 0.25) is 0 Å². The minimum atomic E-state index is 0.623. The summed E-state index contributed by atoms with van der Waals surface area (Å²) in [4.78, 5) is 4.73. The highest BCUT2D eigenvalue weighted by Gasteiger charge is 2.07. The second kappa shape index (κ2) is 7.23. The molecule has 3 aromatic carbocycles. The molecule has 0 fully saturated rings. The van der Waals surface area contributed by atoms with Crippen LogP contribution in [0.15, 0.2) is 77.9 Å². The lowest BCUT2D eigenvalue weighted by atomic mass is 10.1. The fourth-order valence-electron chi connectivity index (χ4n) is 3.00. The van der Waals surface area contributed by atoms with Gasteiger partial charge >= 0.3 is 0 Å². The van der Waals surface area contributed by atoms with E-state index in [9.17, 15) is 0 Å². The zero-order valence-electron chi connectivity index (χ0n) is 14.5. The molecule has 0 amide bonds. The van der Waals surface area contributed by atoms with Crippen LogP contribution < -0.4 is 10.2 Å². The van der Waals surface area contributed by atoms with Gasteiger partial charge in [0.25, 0.3) is 0 Å². The first-order valence-electron chi connectivity index (χ1n) is 8.65. The van der Waals surface area contributed by atoms with Crippen LogP contribution in [0.25, 0.3) is 21.8 Å². The SMILES string of the molecule is CCOc1ccccc1/C=N\Nc1c2ccccc2nc2ccccc12. The summed E-state index contributed by atoms with van der Waals surface area (Å²) >= 11 is 0. The molecule has 4 nitrogen and oxygen atoms in total. The summed E-state index contributed by atoms with van der Waals surface area (Å²) in [5.41, 5.74) is 7.00. The van der Waals surface area contributed by atoms with E-state index in [1.807, 2.05) is 67.6 Å². The lowest BCUT2D eigenvalue weighted by molar-refractivity contribution is 0.340. The number of anilines is 1. The molecule has 0 unspecified atom stereocenters. The molecule has 128 valence electrons. The second-order valence-corrected chi connectivity index (χ2v) is 5.86. The Morgan fingerprint density at radius 1 is 0.885 bits per heavy atom. The lowest BCUT2D eigenvalue weighted by Crippen LogP contribution is -1.98. The van der Waals surface area contributed by atoms with Crippen LogP contribution in [0, 0.1) is 0 Å². The van der Waals surface area contributed by atoms with Crippen molar-refractivity contribution in [3.05, 3.63) is 78.4 Å². The monoisotopic (exact) mass is 341 g/mol. The highest BCUT2D eigenvalue weighted by Crippen LogP contribution is 2.30. The van der Waals surface area contributed by atoms with Crippen molar-refractivity contribution in [1.29, 1.82) is 0 Å². The van der Waals surface area contributed by atoms with E-state index in [2.05, 4.69) is 22.7 Å². The quantitative estimate of drug-likeness (QED) is 0.307. The molecule has 0 bridgehead atoms. The molecule has 1 heterocycles. The van der Waals surface area contributed by atoms with Crippen molar-refractivity contribution in [3.63, 3.8) is 0 Å². The van der Waals surface area contributed by atoms with Crippen LogP contribution in [0.4, 0.5) is 5.69 Å². The first kappa shape index (κ1) is 16.1. The minimum Gasteiger partial charge on any atom is -0.493 e. The molecule has 1 N–H and O–H groups in total. The van der Waals surface area contributed by atoms with E-state index in [0.29, 0.717) is 6.61 Å². The van der Waals surface area contributed by atoms with Crippen molar-refractivity contribution in [2.75, 3.05) is 12.0 Å². The number of para-hydroxylation sites is 3. The van der Waals surface area contributed by atoms with Gasteiger partial charge in [-0.05, 0) is 31.2 Å².